The molecule has 0 N–H and O–H groups in total. The molecular formula is C60H47N4OPt-3. The maximum absolute atomic E-state index is 6.67. The summed E-state index contributed by atoms with van der Waals surface area (Å²) in [4.78, 5) is 9.57. The number of rotatable bonds is 8. The molecule has 0 atom stereocenters. The van der Waals surface area contributed by atoms with Crippen LogP contribution in [0.25, 0.3) is 61.0 Å². The molecule has 5 nitrogen and oxygen atoms in total. The van der Waals surface area contributed by atoms with Crippen LogP contribution in [0.1, 0.15) is 37.5 Å². The molecule has 0 bridgehead atoms. The third-order valence-electron chi connectivity index (χ3n) is 12.5. The second-order valence-corrected chi connectivity index (χ2v) is 17.9. The second-order valence-electron chi connectivity index (χ2n) is 17.9. The van der Waals surface area contributed by atoms with Gasteiger partial charge in [0.2, 0.25) is 0 Å². The smallest absolute Gasteiger partial charge is 0.135 e. The van der Waals surface area contributed by atoms with Crippen LogP contribution in [0.3, 0.4) is 0 Å². The molecule has 0 spiro atoms. The number of para-hydroxylation sites is 4. The van der Waals surface area contributed by atoms with E-state index in [1.807, 2.05) is 24.4 Å². The normalized spacial score (nSPS) is 12.4. The summed E-state index contributed by atoms with van der Waals surface area (Å²) in [5, 5.41) is 2.21. The first-order valence-electron chi connectivity index (χ1n) is 22.2. The van der Waals surface area contributed by atoms with Gasteiger partial charge in [-0.1, -0.05) is 159 Å². The summed E-state index contributed by atoms with van der Waals surface area (Å²) in [5.74, 6) is 2.01. The number of aryl methyl sites for hydroxylation is 2. The first-order chi connectivity index (χ1) is 31.7. The van der Waals surface area contributed by atoms with Crippen molar-refractivity contribution in [1.82, 2.24) is 9.55 Å². The van der Waals surface area contributed by atoms with Crippen molar-refractivity contribution in [2.45, 2.75) is 40.0 Å². The number of benzene rings is 8. The molecule has 3 heterocycles. The van der Waals surface area contributed by atoms with Gasteiger partial charge in [-0.25, -0.2) is 4.98 Å². The monoisotopic (exact) mass is 1030 g/mol. The molecule has 1 aliphatic heterocycles. The molecule has 0 saturated carbocycles. The van der Waals surface area contributed by atoms with Crippen molar-refractivity contribution in [1.29, 1.82) is 0 Å². The quantitative estimate of drug-likeness (QED) is 0.142. The van der Waals surface area contributed by atoms with E-state index < -0.39 is 0 Å². The summed E-state index contributed by atoms with van der Waals surface area (Å²) in [7, 11) is 0. The zero-order valence-corrected chi connectivity index (χ0v) is 39.8. The van der Waals surface area contributed by atoms with E-state index in [1.54, 1.807) is 0 Å². The fraction of sp³-hybridized carbons (Fsp3) is 0.100. The van der Waals surface area contributed by atoms with Crippen molar-refractivity contribution in [3.8, 4) is 50.7 Å². The van der Waals surface area contributed by atoms with Gasteiger partial charge < -0.3 is 19.1 Å². The molecule has 0 aliphatic carbocycles. The Morgan fingerprint density at radius 2 is 1.17 bits per heavy atom. The number of hydrogen-bond donors (Lipinski definition) is 0. The Kier molecular flexibility index (Phi) is 11.2. The van der Waals surface area contributed by atoms with Gasteiger partial charge >= 0.3 is 0 Å². The minimum absolute atomic E-state index is 0. The molecule has 11 rings (SSSR count). The summed E-state index contributed by atoms with van der Waals surface area (Å²) in [6, 6.07) is 71.6. The first kappa shape index (κ1) is 42.7. The van der Waals surface area contributed by atoms with Gasteiger partial charge in [0.05, 0.1) is 0 Å². The van der Waals surface area contributed by atoms with E-state index >= 15 is 0 Å². The van der Waals surface area contributed by atoms with E-state index in [-0.39, 0.29) is 26.5 Å². The van der Waals surface area contributed by atoms with Gasteiger partial charge in [-0.15, -0.1) is 48.1 Å². The van der Waals surface area contributed by atoms with E-state index in [9.17, 15) is 0 Å². The number of ether oxygens (including phenoxy) is 1. The van der Waals surface area contributed by atoms with E-state index in [2.05, 4.69) is 232 Å². The third-order valence-corrected chi connectivity index (χ3v) is 12.5. The number of nitrogens with zero attached hydrogens (tertiary/aromatic N) is 4. The van der Waals surface area contributed by atoms with Crippen LogP contribution in [0.4, 0.5) is 22.7 Å². The topological polar surface area (TPSA) is 33.5 Å². The summed E-state index contributed by atoms with van der Waals surface area (Å²) < 4.78 is 8.86. The molecule has 326 valence electrons. The van der Waals surface area contributed by atoms with Crippen molar-refractivity contribution < 1.29 is 25.8 Å². The summed E-state index contributed by atoms with van der Waals surface area (Å²) in [5.41, 5.74) is 16.7. The largest absolute Gasteiger partial charge is 0.509 e. The molecule has 0 radical (unpaired) electrons. The third kappa shape index (κ3) is 7.78. The average molecular weight is 1040 g/mol. The van der Waals surface area contributed by atoms with Crippen molar-refractivity contribution in [2.24, 2.45) is 0 Å². The van der Waals surface area contributed by atoms with Gasteiger partial charge in [0.1, 0.15) is 5.82 Å². The molecule has 0 saturated heterocycles. The van der Waals surface area contributed by atoms with E-state index in [4.69, 9.17) is 9.72 Å². The minimum atomic E-state index is 0. The van der Waals surface area contributed by atoms with E-state index in [0.29, 0.717) is 11.5 Å². The molecule has 0 fully saturated rings. The first-order valence-corrected chi connectivity index (χ1v) is 22.2. The van der Waals surface area contributed by atoms with E-state index in [1.165, 1.54) is 11.1 Å². The van der Waals surface area contributed by atoms with Crippen molar-refractivity contribution >= 4 is 44.6 Å². The Bertz CT molecular complexity index is 3390. The Balaban J connectivity index is 0.00000511. The second kappa shape index (κ2) is 17.3. The summed E-state index contributed by atoms with van der Waals surface area (Å²) in [6.45, 7) is 13.2. The van der Waals surface area contributed by atoms with Gasteiger partial charge in [0, 0.05) is 78.0 Å². The molecule has 6 heteroatoms. The fourth-order valence-corrected chi connectivity index (χ4v) is 9.14. The molecule has 2 aromatic heterocycles. The Labute approximate surface area is 401 Å². The van der Waals surface area contributed by atoms with Crippen LogP contribution in [0.5, 0.6) is 11.5 Å². The van der Waals surface area contributed by atoms with Crippen molar-refractivity contribution in [3.05, 3.63) is 224 Å². The van der Waals surface area contributed by atoms with Crippen LogP contribution in [0, 0.1) is 32.6 Å². The Morgan fingerprint density at radius 1 is 0.545 bits per heavy atom. The van der Waals surface area contributed by atoms with Crippen LogP contribution in [-0.2, 0) is 26.5 Å². The van der Waals surface area contributed by atoms with Gasteiger partial charge in [-0.05, 0) is 76.7 Å². The summed E-state index contributed by atoms with van der Waals surface area (Å²) >= 11 is 0. The number of anilines is 4. The number of pyridine rings is 1. The van der Waals surface area contributed by atoms with Crippen molar-refractivity contribution in [3.63, 3.8) is 0 Å². The Hall–Kier alpha value is -7.20. The van der Waals surface area contributed by atoms with Gasteiger partial charge in [0.15, 0.2) is 0 Å². The number of fused-ring (bicyclic) bond motifs is 4. The van der Waals surface area contributed by atoms with Gasteiger partial charge in [0.25, 0.3) is 0 Å². The van der Waals surface area contributed by atoms with Gasteiger partial charge in [-0.2, -0.15) is 12.1 Å². The predicted molar refractivity (Wildman–Crippen MR) is 269 cm³/mol. The number of aromatic nitrogens is 2. The van der Waals surface area contributed by atoms with E-state index in [0.717, 1.165) is 89.3 Å². The zero-order chi connectivity index (χ0) is 44.2. The maximum atomic E-state index is 6.67. The van der Waals surface area contributed by atoms with Crippen LogP contribution >= 0.6 is 0 Å². The maximum Gasteiger partial charge on any atom is 0.135 e. The fourth-order valence-electron chi connectivity index (χ4n) is 9.14. The molecule has 0 unspecified atom stereocenters. The number of hydrogen-bond acceptors (Lipinski definition) is 4. The van der Waals surface area contributed by atoms with Crippen LogP contribution in [0.15, 0.2) is 188 Å². The van der Waals surface area contributed by atoms with Crippen molar-refractivity contribution in [2.75, 3.05) is 9.80 Å². The molecule has 0 amide bonds. The molecular weight excluding hydrogens is 988 g/mol. The minimum Gasteiger partial charge on any atom is -0.509 e. The molecule has 8 aromatic carbocycles. The molecule has 1 aliphatic rings. The predicted octanol–water partition coefficient (Wildman–Crippen LogP) is 15.9. The summed E-state index contributed by atoms with van der Waals surface area (Å²) in [6.07, 6.45) is 1.98. The standard InChI is InChI=1S/C60H47N4O.Pt/c1-40-25-27-44(28-26-40)53-38-61-58(35-41(53)2)64-54-22-10-9-19-51(54)52-34-33-48(37-57(52)64)65-47-18-13-17-46(36-47)62-39-63(56-24-12-11-23-55(56)62)59-49(42-15-7-6-8-16-42)20-14-21-50(59)43-29-31-45(32-30-43)60(3,4)5;/h6-35,38-39H,1-5H3;/q-3;. The van der Waals surface area contributed by atoms with Crippen LogP contribution < -0.4 is 14.5 Å². The molecule has 10 aromatic rings. The van der Waals surface area contributed by atoms with Gasteiger partial charge in [-0.3, -0.25) is 0 Å². The zero-order valence-electron chi connectivity index (χ0n) is 37.5. The average Bonchev–Trinajstić information content (AvgIpc) is 3.88. The van der Waals surface area contributed by atoms with Crippen LogP contribution in [0.2, 0.25) is 0 Å². The SMILES string of the molecule is Cc1ccc(-c2cnc(-n3c4[c-]c(Oc5[c-]c(N6[CH-]N(c7c(-c8ccccc8)cccc7-c7ccc(C(C)(C)C)cc7)c7ccccc76)ccc5)ccc4c4ccccc43)cc2C)cc1.[Pt]. The van der Waals surface area contributed by atoms with Crippen LogP contribution in [-0.4, -0.2) is 9.55 Å². The molecule has 66 heavy (non-hydrogen) atoms. The Morgan fingerprint density at radius 3 is 1.89 bits per heavy atom.